The Hall–Kier alpha value is -1.96. The fourth-order valence-electron chi connectivity index (χ4n) is 2.96. The molecule has 1 N–H and O–H groups in total. The molecule has 0 aliphatic heterocycles. The molecule has 0 saturated heterocycles. The molecule has 8 heteroatoms. The van der Waals surface area contributed by atoms with Gasteiger partial charge in [0, 0.05) is 18.3 Å². The highest BCUT2D eigenvalue weighted by Crippen LogP contribution is 2.29. The van der Waals surface area contributed by atoms with Crippen LogP contribution in [0, 0.1) is 34.6 Å². The van der Waals surface area contributed by atoms with Crippen LogP contribution < -0.4 is 4.72 Å². The predicted molar refractivity (Wildman–Crippen MR) is 109 cm³/mol. The molecule has 152 valence electrons. The van der Waals surface area contributed by atoms with Gasteiger partial charge in [-0.3, -0.25) is 4.79 Å². The molecule has 2 rings (SSSR count). The third-order valence-electron chi connectivity index (χ3n) is 5.01. The Balaban J connectivity index is 1.98. The molecule has 1 aromatic carbocycles. The summed E-state index contributed by atoms with van der Waals surface area (Å²) in [7, 11) is -3.73. The topological polar surface area (TPSA) is 85.4 Å². The number of carbonyl (C=O) groups excluding carboxylic acids is 1. The summed E-state index contributed by atoms with van der Waals surface area (Å²) >= 11 is 5.70. The van der Waals surface area contributed by atoms with Crippen molar-refractivity contribution in [3.8, 4) is 0 Å². The fourth-order valence-corrected chi connectivity index (χ4v) is 4.70. The minimum atomic E-state index is -3.73. The molecule has 2 aromatic rings. The molecule has 0 spiro atoms. The SMILES string of the molecule is Cc1c(C)c(C)c(S(=O)(=O)NCCC(=O)OCc2ccc(Cl)nc2)c(C)c1C. The van der Waals surface area contributed by atoms with E-state index < -0.39 is 16.0 Å². The minimum absolute atomic E-state index is 0.0368. The lowest BCUT2D eigenvalue weighted by atomic mass is 9.95. The second kappa shape index (κ2) is 9.03. The van der Waals surface area contributed by atoms with Crippen LogP contribution >= 0.6 is 11.6 Å². The summed E-state index contributed by atoms with van der Waals surface area (Å²) < 4.78 is 33.2. The first kappa shape index (κ1) is 22.3. The van der Waals surface area contributed by atoms with E-state index in [9.17, 15) is 13.2 Å². The van der Waals surface area contributed by atoms with E-state index in [4.69, 9.17) is 16.3 Å². The first-order chi connectivity index (χ1) is 13.0. The van der Waals surface area contributed by atoms with Gasteiger partial charge in [-0.05, 0) is 68.5 Å². The average molecular weight is 425 g/mol. The lowest BCUT2D eigenvalue weighted by molar-refractivity contribution is -0.144. The molecule has 0 atom stereocenters. The Labute approximate surface area is 171 Å². The van der Waals surface area contributed by atoms with Crippen LogP contribution in [0.4, 0.5) is 0 Å². The Morgan fingerprint density at radius 3 is 2.14 bits per heavy atom. The summed E-state index contributed by atoms with van der Waals surface area (Å²) in [5.74, 6) is -0.498. The first-order valence-electron chi connectivity index (χ1n) is 8.87. The van der Waals surface area contributed by atoms with Crippen molar-refractivity contribution in [2.24, 2.45) is 0 Å². The molecule has 1 aromatic heterocycles. The lowest BCUT2D eigenvalue weighted by Crippen LogP contribution is -2.28. The van der Waals surface area contributed by atoms with Gasteiger partial charge in [0.05, 0.1) is 11.3 Å². The Kier molecular flexibility index (Phi) is 7.20. The summed E-state index contributed by atoms with van der Waals surface area (Å²) in [6.45, 7) is 9.45. The van der Waals surface area contributed by atoms with Crippen LogP contribution in [0.3, 0.4) is 0 Å². The molecule has 0 amide bonds. The molecule has 0 saturated carbocycles. The number of benzene rings is 1. The molecule has 0 bridgehead atoms. The Bertz CT molecular complexity index is 957. The van der Waals surface area contributed by atoms with E-state index in [1.807, 2.05) is 20.8 Å². The molecule has 28 heavy (non-hydrogen) atoms. The number of carbonyl (C=O) groups is 1. The number of hydrogen-bond acceptors (Lipinski definition) is 5. The predicted octanol–water partition coefficient (Wildman–Crippen LogP) is 3.69. The second-order valence-corrected chi connectivity index (χ2v) is 8.84. The van der Waals surface area contributed by atoms with Crippen molar-refractivity contribution < 1.29 is 17.9 Å². The number of rotatable bonds is 7. The summed E-state index contributed by atoms with van der Waals surface area (Å²) in [6, 6.07) is 3.31. The molecule has 6 nitrogen and oxygen atoms in total. The number of sulfonamides is 1. The van der Waals surface area contributed by atoms with E-state index in [-0.39, 0.29) is 24.5 Å². The maximum Gasteiger partial charge on any atom is 0.307 e. The van der Waals surface area contributed by atoms with Gasteiger partial charge in [-0.15, -0.1) is 0 Å². The molecular weight excluding hydrogens is 400 g/mol. The van der Waals surface area contributed by atoms with Crippen LogP contribution in [0.15, 0.2) is 23.2 Å². The van der Waals surface area contributed by atoms with Crippen LogP contribution in [0.1, 0.15) is 39.8 Å². The highest BCUT2D eigenvalue weighted by Gasteiger charge is 2.23. The highest BCUT2D eigenvalue weighted by molar-refractivity contribution is 7.89. The van der Waals surface area contributed by atoms with Crippen LogP contribution in [0.25, 0.3) is 0 Å². The van der Waals surface area contributed by atoms with E-state index in [1.165, 1.54) is 6.20 Å². The molecule has 0 radical (unpaired) electrons. The number of halogens is 1. The summed E-state index contributed by atoms with van der Waals surface area (Å²) in [6.07, 6.45) is 1.45. The van der Waals surface area contributed by atoms with Gasteiger partial charge >= 0.3 is 5.97 Å². The van der Waals surface area contributed by atoms with E-state index in [2.05, 4.69) is 9.71 Å². The fraction of sp³-hybridized carbons (Fsp3) is 0.400. The summed E-state index contributed by atoms with van der Waals surface area (Å²) in [4.78, 5) is 16.1. The number of hydrogen-bond donors (Lipinski definition) is 1. The first-order valence-corrected chi connectivity index (χ1v) is 10.7. The number of nitrogens with one attached hydrogen (secondary N) is 1. The summed E-state index contributed by atoms with van der Waals surface area (Å²) in [5.41, 5.74) is 5.17. The second-order valence-electron chi connectivity index (χ2n) is 6.75. The molecule has 0 fully saturated rings. The maximum absolute atomic E-state index is 12.8. The van der Waals surface area contributed by atoms with Crippen molar-refractivity contribution in [1.29, 1.82) is 0 Å². The van der Waals surface area contributed by atoms with E-state index in [1.54, 1.807) is 26.0 Å². The largest absolute Gasteiger partial charge is 0.461 e. The molecule has 0 aliphatic carbocycles. The Morgan fingerprint density at radius 2 is 1.61 bits per heavy atom. The van der Waals surface area contributed by atoms with E-state index >= 15 is 0 Å². The number of esters is 1. The van der Waals surface area contributed by atoms with E-state index in [0.717, 1.165) is 27.8 Å². The van der Waals surface area contributed by atoms with Crippen LogP contribution in [0.5, 0.6) is 0 Å². The zero-order valence-corrected chi connectivity index (χ0v) is 18.3. The van der Waals surface area contributed by atoms with E-state index in [0.29, 0.717) is 10.7 Å². The molecule has 0 unspecified atom stereocenters. The molecular formula is C20H25ClN2O4S. The monoisotopic (exact) mass is 424 g/mol. The zero-order valence-electron chi connectivity index (χ0n) is 16.7. The van der Waals surface area contributed by atoms with Gasteiger partial charge in [-0.25, -0.2) is 18.1 Å². The normalized spacial score (nSPS) is 11.5. The standard InChI is InChI=1S/C20H25ClN2O4S/c1-12-13(2)15(4)20(16(5)14(12)3)28(25,26)23-9-8-19(24)27-11-17-6-7-18(21)22-10-17/h6-7,10,23H,8-9,11H2,1-5H3. The Morgan fingerprint density at radius 1 is 1.04 bits per heavy atom. The van der Waals surface area contributed by atoms with Crippen molar-refractivity contribution >= 4 is 27.6 Å². The number of nitrogens with zero attached hydrogens (tertiary/aromatic N) is 1. The van der Waals surface area contributed by atoms with Gasteiger partial charge < -0.3 is 4.74 Å². The lowest BCUT2D eigenvalue weighted by Gasteiger charge is -2.19. The van der Waals surface area contributed by atoms with Crippen molar-refractivity contribution in [2.45, 2.75) is 52.5 Å². The van der Waals surface area contributed by atoms with Gasteiger partial charge in [0.15, 0.2) is 0 Å². The minimum Gasteiger partial charge on any atom is -0.461 e. The maximum atomic E-state index is 12.8. The van der Waals surface area contributed by atoms with Gasteiger partial charge in [-0.2, -0.15) is 0 Å². The quantitative estimate of drug-likeness (QED) is 0.541. The van der Waals surface area contributed by atoms with Crippen molar-refractivity contribution in [1.82, 2.24) is 9.71 Å². The van der Waals surface area contributed by atoms with Gasteiger partial charge in [0.1, 0.15) is 11.8 Å². The van der Waals surface area contributed by atoms with Gasteiger partial charge in [0.25, 0.3) is 0 Å². The van der Waals surface area contributed by atoms with Crippen molar-refractivity contribution in [3.05, 3.63) is 56.9 Å². The van der Waals surface area contributed by atoms with Crippen LogP contribution in [-0.2, 0) is 26.2 Å². The smallest absolute Gasteiger partial charge is 0.307 e. The number of aromatic nitrogens is 1. The van der Waals surface area contributed by atoms with Crippen molar-refractivity contribution in [2.75, 3.05) is 6.54 Å². The summed E-state index contributed by atoms with van der Waals surface area (Å²) in [5, 5.41) is 0.358. The third-order valence-corrected chi connectivity index (χ3v) is 6.97. The molecule has 1 heterocycles. The third kappa shape index (κ3) is 5.10. The average Bonchev–Trinajstić information content (AvgIpc) is 2.64. The number of pyridine rings is 1. The molecule has 0 aliphatic rings. The number of ether oxygens (including phenoxy) is 1. The van der Waals surface area contributed by atoms with Gasteiger partial charge in [-0.1, -0.05) is 17.7 Å². The van der Waals surface area contributed by atoms with Gasteiger partial charge in [0.2, 0.25) is 10.0 Å². The van der Waals surface area contributed by atoms with Crippen molar-refractivity contribution in [3.63, 3.8) is 0 Å². The van der Waals surface area contributed by atoms with Crippen LogP contribution in [-0.4, -0.2) is 25.9 Å². The van der Waals surface area contributed by atoms with Crippen LogP contribution in [0.2, 0.25) is 5.15 Å². The zero-order chi connectivity index (χ0) is 21.1. The highest BCUT2D eigenvalue weighted by atomic mass is 35.5.